The lowest BCUT2D eigenvalue weighted by Crippen LogP contribution is -2.28. The van der Waals surface area contributed by atoms with Gasteiger partial charge in [-0.15, -0.1) is 0 Å². The lowest BCUT2D eigenvalue weighted by Gasteiger charge is -2.19. The third kappa shape index (κ3) is 5.35. The Bertz CT molecular complexity index is 798. The summed E-state index contributed by atoms with van der Waals surface area (Å²) < 4.78 is 29.2. The molecule has 2 bridgehead atoms. The van der Waals surface area contributed by atoms with Crippen LogP contribution in [0.2, 0.25) is 0 Å². The van der Waals surface area contributed by atoms with Crippen LogP contribution in [0.25, 0.3) is 0 Å². The summed E-state index contributed by atoms with van der Waals surface area (Å²) in [4.78, 5) is 0. The largest absolute Gasteiger partial charge is 0.287 e. The van der Waals surface area contributed by atoms with E-state index >= 15 is 0 Å². The Labute approximate surface area is 171 Å². The summed E-state index contributed by atoms with van der Waals surface area (Å²) in [5.74, 6) is 1.21. The van der Waals surface area contributed by atoms with E-state index in [1.165, 1.54) is 24.8 Å². The van der Waals surface area contributed by atoms with Crippen LogP contribution in [-0.4, -0.2) is 14.2 Å². The highest BCUT2D eigenvalue weighted by Gasteiger charge is 2.37. The van der Waals surface area contributed by atoms with E-state index in [-0.39, 0.29) is 5.75 Å². The van der Waals surface area contributed by atoms with Gasteiger partial charge in [0.1, 0.15) is 0 Å². The van der Waals surface area contributed by atoms with E-state index in [2.05, 4.69) is 46.4 Å². The molecule has 0 aromatic heterocycles. The Kier molecular flexibility index (Phi) is 6.83. The lowest BCUT2D eigenvalue weighted by molar-refractivity contribution is 0.514. The van der Waals surface area contributed by atoms with Crippen molar-refractivity contribution in [2.24, 2.45) is 11.8 Å². The SMILES string of the molecule is CCCCC=CC1CC2CC(NS(=O)(=O)CCc3cccc(I)c3)=C1C2. The van der Waals surface area contributed by atoms with Gasteiger partial charge in [-0.05, 0) is 83.9 Å². The molecule has 26 heavy (non-hydrogen) atoms. The van der Waals surface area contributed by atoms with Crippen LogP contribution in [0.5, 0.6) is 0 Å². The molecule has 0 heterocycles. The monoisotopic (exact) mass is 485 g/mol. The van der Waals surface area contributed by atoms with Crippen molar-refractivity contribution >= 4 is 32.6 Å². The fourth-order valence-corrected chi connectivity index (χ4v) is 5.84. The van der Waals surface area contributed by atoms with Crippen LogP contribution >= 0.6 is 22.6 Å². The lowest BCUT2D eigenvalue weighted by atomic mass is 9.93. The zero-order valence-corrected chi connectivity index (χ0v) is 18.4. The molecule has 0 spiro atoms. The summed E-state index contributed by atoms with van der Waals surface area (Å²) in [6.45, 7) is 2.21. The standard InChI is InChI=1S/C21H28INO2S/c1-2-3-4-5-8-18-12-17-14-20(18)21(15-17)23-26(24,25)11-10-16-7-6-9-19(22)13-16/h5-9,13,17-18,23H,2-4,10-12,14-15H2,1H3. The molecule has 1 N–H and O–H groups in total. The Balaban J connectivity index is 1.60. The Morgan fingerprint density at radius 1 is 1.31 bits per heavy atom. The van der Waals surface area contributed by atoms with Gasteiger partial charge in [0.15, 0.2) is 0 Å². The van der Waals surface area contributed by atoms with E-state index in [9.17, 15) is 8.42 Å². The number of halogens is 1. The Hall–Kier alpha value is -0.820. The van der Waals surface area contributed by atoms with Crippen molar-refractivity contribution in [1.82, 2.24) is 4.72 Å². The predicted octanol–water partition coefficient (Wildman–Crippen LogP) is 5.18. The van der Waals surface area contributed by atoms with Gasteiger partial charge in [-0.3, -0.25) is 4.72 Å². The summed E-state index contributed by atoms with van der Waals surface area (Å²) in [5, 5.41) is 0. The molecule has 2 aliphatic carbocycles. The molecule has 1 fully saturated rings. The van der Waals surface area contributed by atoms with Crippen molar-refractivity contribution in [3.63, 3.8) is 0 Å². The minimum Gasteiger partial charge on any atom is -0.287 e. The van der Waals surface area contributed by atoms with E-state index < -0.39 is 10.0 Å². The van der Waals surface area contributed by atoms with Crippen LogP contribution in [0.4, 0.5) is 0 Å². The number of nitrogens with one attached hydrogen (secondary N) is 1. The molecule has 0 radical (unpaired) electrons. The maximum absolute atomic E-state index is 12.6. The smallest absolute Gasteiger partial charge is 0.232 e. The molecule has 0 saturated heterocycles. The fourth-order valence-electron chi connectivity index (χ4n) is 4.04. The van der Waals surface area contributed by atoms with Gasteiger partial charge in [-0.25, -0.2) is 8.42 Å². The van der Waals surface area contributed by atoms with Gasteiger partial charge in [0.05, 0.1) is 5.75 Å². The van der Waals surface area contributed by atoms with Gasteiger partial charge >= 0.3 is 0 Å². The first-order valence-electron chi connectivity index (χ1n) is 9.60. The van der Waals surface area contributed by atoms with Crippen molar-refractivity contribution in [2.45, 2.75) is 51.9 Å². The third-order valence-corrected chi connectivity index (χ3v) is 7.31. The minimum absolute atomic E-state index is 0.144. The van der Waals surface area contributed by atoms with E-state index in [0.29, 0.717) is 18.3 Å². The van der Waals surface area contributed by atoms with Gasteiger partial charge in [0.25, 0.3) is 0 Å². The molecule has 5 heteroatoms. The number of rotatable bonds is 9. The van der Waals surface area contributed by atoms with Crippen LogP contribution in [0.3, 0.4) is 0 Å². The molecule has 3 rings (SSSR count). The second-order valence-corrected chi connectivity index (χ2v) is 10.6. The third-order valence-electron chi connectivity index (χ3n) is 5.34. The van der Waals surface area contributed by atoms with E-state index in [0.717, 1.165) is 34.1 Å². The average Bonchev–Trinajstić information content (AvgIpc) is 3.16. The average molecular weight is 485 g/mol. The summed E-state index contributed by atoms with van der Waals surface area (Å²) in [5.41, 5.74) is 3.39. The first kappa shape index (κ1) is 19.9. The first-order chi connectivity index (χ1) is 12.5. The molecule has 0 amide bonds. The molecular weight excluding hydrogens is 457 g/mol. The highest BCUT2D eigenvalue weighted by molar-refractivity contribution is 14.1. The molecule has 0 aliphatic heterocycles. The molecule has 2 atom stereocenters. The fraction of sp³-hybridized carbons (Fsp3) is 0.524. The zero-order chi connectivity index (χ0) is 18.6. The van der Waals surface area contributed by atoms with Crippen LogP contribution in [0, 0.1) is 15.4 Å². The number of sulfonamides is 1. The number of aryl methyl sites for hydroxylation is 1. The molecule has 1 aromatic carbocycles. The van der Waals surface area contributed by atoms with Gasteiger partial charge in [-0.1, -0.05) is 44.1 Å². The van der Waals surface area contributed by atoms with E-state index in [4.69, 9.17) is 0 Å². The van der Waals surface area contributed by atoms with Gasteiger partial charge in [-0.2, -0.15) is 0 Å². The zero-order valence-electron chi connectivity index (χ0n) is 15.4. The van der Waals surface area contributed by atoms with E-state index in [1.54, 1.807) is 0 Å². The Morgan fingerprint density at radius 3 is 2.88 bits per heavy atom. The summed E-state index contributed by atoms with van der Waals surface area (Å²) in [6.07, 6.45) is 11.9. The van der Waals surface area contributed by atoms with Crippen molar-refractivity contribution in [3.05, 3.63) is 56.8 Å². The molecule has 1 saturated carbocycles. The number of allylic oxidation sites excluding steroid dienone is 4. The summed E-state index contributed by atoms with van der Waals surface area (Å²) in [7, 11) is -3.29. The quantitative estimate of drug-likeness (QED) is 0.298. The molecule has 1 aromatic rings. The molecule has 2 aliphatic rings. The highest BCUT2D eigenvalue weighted by atomic mass is 127. The van der Waals surface area contributed by atoms with E-state index in [1.807, 2.05) is 24.3 Å². The number of unbranched alkanes of at least 4 members (excludes halogenated alkanes) is 2. The van der Waals surface area contributed by atoms with Crippen LogP contribution in [-0.2, 0) is 16.4 Å². The molecule has 142 valence electrons. The second-order valence-electron chi connectivity index (χ2n) is 7.49. The molecular formula is C21H28INO2S. The van der Waals surface area contributed by atoms with Crippen molar-refractivity contribution in [1.29, 1.82) is 0 Å². The Morgan fingerprint density at radius 2 is 2.15 bits per heavy atom. The highest BCUT2D eigenvalue weighted by Crippen LogP contribution is 2.47. The van der Waals surface area contributed by atoms with Crippen LogP contribution in [0.15, 0.2) is 47.7 Å². The van der Waals surface area contributed by atoms with Crippen LogP contribution < -0.4 is 4.72 Å². The number of fused-ring (bicyclic) bond motifs is 2. The predicted molar refractivity (Wildman–Crippen MR) is 116 cm³/mol. The maximum Gasteiger partial charge on any atom is 0.232 e. The van der Waals surface area contributed by atoms with Gasteiger partial charge < -0.3 is 0 Å². The maximum atomic E-state index is 12.6. The van der Waals surface area contributed by atoms with Crippen molar-refractivity contribution in [3.8, 4) is 0 Å². The second kappa shape index (κ2) is 8.91. The van der Waals surface area contributed by atoms with Crippen molar-refractivity contribution < 1.29 is 8.42 Å². The van der Waals surface area contributed by atoms with Gasteiger partial charge in [0.2, 0.25) is 10.0 Å². The topological polar surface area (TPSA) is 46.2 Å². The number of benzene rings is 1. The molecule has 2 unspecified atom stereocenters. The van der Waals surface area contributed by atoms with Crippen LogP contribution in [0.1, 0.15) is 51.0 Å². The minimum atomic E-state index is -3.29. The van der Waals surface area contributed by atoms with Crippen molar-refractivity contribution in [2.75, 3.05) is 5.75 Å². The first-order valence-corrected chi connectivity index (χ1v) is 12.3. The summed E-state index contributed by atoms with van der Waals surface area (Å²) >= 11 is 2.26. The van der Waals surface area contributed by atoms with Gasteiger partial charge in [0, 0.05) is 15.2 Å². The number of hydrogen-bond donors (Lipinski definition) is 1. The normalized spacial score (nSPS) is 22.5. The number of hydrogen-bond acceptors (Lipinski definition) is 2. The summed E-state index contributed by atoms with van der Waals surface area (Å²) in [6, 6.07) is 8.04. The molecule has 3 nitrogen and oxygen atoms in total.